The Morgan fingerprint density at radius 1 is 1.25 bits per heavy atom. The Morgan fingerprint density at radius 3 is 2.29 bits per heavy atom. The Kier molecular flexibility index (Phi) is 4.70. The molecule has 0 saturated carbocycles. The molecule has 1 aromatic heterocycles. The van der Waals surface area contributed by atoms with Crippen LogP contribution in [-0.2, 0) is 20.2 Å². The number of anilines is 1. The second-order valence-corrected chi connectivity index (χ2v) is 8.05. The van der Waals surface area contributed by atoms with Gasteiger partial charge in [0.05, 0.1) is 11.6 Å². The van der Waals surface area contributed by atoms with Crippen LogP contribution in [0.3, 0.4) is 0 Å². The van der Waals surface area contributed by atoms with Crippen LogP contribution in [0.15, 0.2) is 35.5 Å². The van der Waals surface area contributed by atoms with Crippen LogP contribution in [0.25, 0.3) is 0 Å². The number of carboxylic acid groups (broad SMARTS) is 1. The summed E-state index contributed by atoms with van der Waals surface area (Å²) >= 11 is 0. The Morgan fingerprint density at radius 2 is 1.83 bits per heavy atom. The van der Waals surface area contributed by atoms with Gasteiger partial charge in [-0.1, -0.05) is 26.0 Å². The van der Waals surface area contributed by atoms with Crippen LogP contribution in [0.5, 0.6) is 0 Å². The number of H-pyrrole nitrogens is 1. The lowest BCUT2D eigenvalue weighted by Gasteiger charge is -2.19. The van der Waals surface area contributed by atoms with Crippen molar-refractivity contribution in [3.63, 3.8) is 0 Å². The Balaban J connectivity index is 2.22. The Bertz CT molecular complexity index is 836. The first-order valence-electron chi connectivity index (χ1n) is 7.45. The molecule has 1 aromatic carbocycles. The highest BCUT2D eigenvalue weighted by atomic mass is 32.2. The summed E-state index contributed by atoms with van der Waals surface area (Å²) in [5.74, 6) is -0.269. The molecule has 0 aliphatic carbocycles. The van der Waals surface area contributed by atoms with Gasteiger partial charge in [-0.2, -0.15) is 8.42 Å². The number of imidazole rings is 1. The lowest BCUT2D eigenvalue weighted by atomic mass is 9.85. The zero-order valence-corrected chi connectivity index (χ0v) is 14.8. The maximum atomic E-state index is 12.4. The van der Waals surface area contributed by atoms with Gasteiger partial charge in [-0.15, -0.1) is 0 Å². The molecular formula is C16H21N3O4S. The highest BCUT2D eigenvalue weighted by Gasteiger charge is 2.29. The molecule has 0 amide bonds. The fourth-order valence-electron chi connectivity index (χ4n) is 2.04. The summed E-state index contributed by atoms with van der Waals surface area (Å²) in [7, 11) is -3.78. The van der Waals surface area contributed by atoms with Gasteiger partial charge in [0, 0.05) is 11.6 Å². The zero-order valence-electron chi connectivity index (χ0n) is 14.0. The number of benzene rings is 1. The molecule has 0 spiro atoms. The molecule has 1 heterocycles. The number of aliphatic carboxylic acids is 1. The quantitative estimate of drug-likeness (QED) is 0.741. The van der Waals surface area contributed by atoms with Gasteiger partial charge >= 0.3 is 5.97 Å². The number of nitrogens with one attached hydrogen (secondary N) is 2. The predicted molar refractivity (Wildman–Crippen MR) is 90.6 cm³/mol. The summed E-state index contributed by atoms with van der Waals surface area (Å²) in [4.78, 5) is 18.1. The SMILES string of the molecule is CC(C)c1ncc(S(=O)(=O)Nc2ccc(C(C)(C)C(=O)O)cc2)[nH]1. The molecule has 0 unspecified atom stereocenters. The first-order valence-corrected chi connectivity index (χ1v) is 8.94. The number of aromatic amines is 1. The number of nitrogens with zero attached hydrogens (tertiary/aromatic N) is 1. The van der Waals surface area contributed by atoms with Crippen molar-refractivity contribution < 1.29 is 18.3 Å². The van der Waals surface area contributed by atoms with E-state index >= 15 is 0 Å². The topological polar surface area (TPSA) is 112 Å². The average molecular weight is 351 g/mol. The summed E-state index contributed by atoms with van der Waals surface area (Å²) in [5, 5.41) is 9.21. The second kappa shape index (κ2) is 6.27. The molecule has 130 valence electrons. The molecule has 0 atom stereocenters. The number of carbonyl (C=O) groups is 1. The molecule has 0 radical (unpaired) electrons. The van der Waals surface area contributed by atoms with Gasteiger partial charge in [0.15, 0.2) is 5.03 Å². The number of sulfonamides is 1. The fourth-order valence-corrected chi connectivity index (χ4v) is 3.02. The van der Waals surface area contributed by atoms with Gasteiger partial charge in [0.25, 0.3) is 10.0 Å². The standard InChI is InChI=1S/C16H21N3O4S/c1-10(2)14-17-9-13(18-14)24(22,23)19-12-7-5-11(6-8-12)16(3,4)15(20)21/h5-10,19H,1-4H3,(H,17,18)(H,20,21). The van der Waals surface area contributed by atoms with Gasteiger partial charge in [-0.25, -0.2) is 4.98 Å². The molecule has 0 aliphatic rings. The smallest absolute Gasteiger partial charge is 0.313 e. The van der Waals surface area contributed by atoms with Crippen LogP contribution in [0.4, 0.5) is 5.69 Å². The number of rotatable bonds is 6. The molecule has 24 heavy (non-hydrogen) atoms. The maximum absolute atomic E-state index is 12.4. The Hall–Kier alpha value is -2.35. The van der Waals surface area contributed by atoms with E-state index in [9.17, 15) is 18.3 Å². The van der Waals surface area contributed by atoms with Crippen molar-refractivity contribution >= 4 is 21.7 Å². The van der Waals surface area contributed by atoms with Gasteiger partial charge < -0.3 is 10.1 Å². The van der Waals surface area contributed by atoms with Crippen molar-refractivity contribution in [1.29, 1.82) is 0 Å². The summed E-state index contributed by atoms with van der Waals surface area (Å²) in [6.07, 6.45) is 1.28. The van der Waals surface area contributed by atoms with E-state index in [1.54, 1.807) is 26.0 Å². The van der Waals surface area contributed by atoms with Crippen molar-refractivity contribution in [3.8, 4) is 0 Å². The predicted octanol–water partition coefficient (Wildman–Crippen LogP) is 2.70. The van der Waals surface area contributed by atoms with E-state index in [-0.39, 0.29) is 10.9 Å². The van der Waals surface area contributed by atoms with E-state index in [0.717, 1.165) is 0 Å². The van der Waals surface area contributed by atoms with Crippen LogP contribution in [0.1, 0.15) is 45.0 Å². The average Bonchev–Trinajstić information content (AvgIpc) is 2.98. The monoisotopic (exact) mass is 351 g/mol. The molecule has 8 heteroatoms. The first kappa shape index (κ1) is 18.0. The van der Waals surface area contributed by atoms with E-state index in [1.165, 1.54) is 18.3 Å². The number of carboxylic acids is 1. The van der Waals surface area contributed by atoms with Gasteiger partial charge in [0.1, 0.15) is 5.82 Å². The lowest BCUT2D eigenvalue weighted by molar-refractivity contribution is -0.142. The van der Waals surface area contributed by atoms with Gasteiger partial charge in [-0.3, -0.25) is 9.52 Å². The van der Waals surface area contributed by atoms with Crippen molar-refractivity contribution in [3.05, 3.63) is 41.9 Å². The molecule has 7 nitrogen and oxygen atoms in total. The third-order valence-corrected chi connectivity index (χ3v) is 5.09. The molecule has 3 N–H and O–H groups in total. The molecule has 0 saturated heterocycles. The van der Waals surface area contributed by atoms with Crippen LogP contribution >= 0.6 is 0 Å². The number of hydrogen-bond donors (Lipinski definition) is 3. The highest BCUT2D eigenvalue weighted by Crippen LogP contribution is 2.25. The van der Waals surface area contributed by atoms with Crippen LogP contribution < -0.4 is 4.72 Å². The minimum absolute atomic E-state index is 0.0128. The molecule has 2 aromatic rings. The van der Waals surface area contributed by atoms with Gasteiger partial charge in [0.2, 0.25) is 0 Å². The summed E-state index contributed by atoms with van der Waals surface area (Å²) in [6, 6.07) is 6.27. The molecule has 0 aliphatic heterocycles. The zero-order chi connectivity index (χ0) is 18.1. The van der Waals surface area contributed by atoms with E-state index in [2.05, 4.69) is 14.7 Å². The number of aromatic nitrogens is 2. The molecule has 0 fully saturated rings. The largest absolute Gasteiger partial charge is 0.481 e. The van der Waals surface area contributed by atoms with E-state index in [1.807, 2.05) is 13.8 Å². The van der Waals surface area contributed by atoms with Crippen molar-refractivity contribution in [1.82, 2.24) is 9.97 Å². The number of hydrogen-bond acceptors (Lipinski definition) is 4. The van der Waals surface area contributed by atoms with Gasteiger partial charge in [-0.05, 0) is 31.5 Å². The van der Waals surface area contributed by atoms with Crippen LogP contribution in [-0.4, -0.2) is 29.5 Å². The molecule has 2 rings (SSSR count). The minimum Gasteiger partial charge on any atom is -0.481 e. The third-order valence-electron chi connectivity index (χ3n) is 3.80. The van der Waals surface area contributed by atoms with E-state index in [0.29, 0.717) is 17.1 Å². The first-order chi connectivity index (χ1) is 11.0. The van der Waals surface area contributed by atoms with Crippen molar-refractivity contribution in [2.45, 2.75) is 44.1 Å². The van der Waals surface area contributed by atoms with Crippen LogP contribution in [0.2, 0.25) is 0 Å². The Labute approximate surface area is 141 Å². The van der Waals surface area contributed by atoms with E-state index in [4.69, 9.17) is 0 Å². The van der Waals surface area contributed by atoms with Crippen LogP contribution in [0, 0.1) is 0 Å². The minimum atomic E-state index is -3.78. The maximum Gasteiger partial charge on any atom is 0.313 e. The summed E-state index contributed by atoms with van der Waals surface area (Å²) in [5.41, 5.74) is -0.116. The summed E-state index contributed by atoms with van der Waals surface area (Å²) < 4.78 is 27.2. The molecule has 0 bridgehead atoms. The highest BCUT2D eigenvalue weighted by molar-refractivity contribution is 7.92. The lowest BCUT2D eigenvalue weighted by Crippen LogP contribution is -2.28. The molecular weight excluding hydrogens is 330 g/mol. The second-order valence-electron chi connectivity index (χ2n) is 6.40. The fraction of sp³-hybridized carbons (Fsp3) is 0.375. The van der Waals surface area contributed by atoms with Crippen molar-refractivity contribution in [2.24, 2.45) is 0 Å². The van der Waals surface area contributed by atoms with Crippen molar-refractivity contribution in [2.75, 3.05) is 4.72 Å². The summed E-state index contributed by atoms with van der Waals surface area (Å²) in [6.45, 7) is 7.00. The normalized spacial score (nSPS) is 12.4. The third kappa shape index (κ3) is 3.59. The van der Waals surface area contributed by atoms with E-state index < -0.39 is 21.4 Å².